The first-order valence-electron chi connectivity index (χ1n) is 4.06. The van der Waals surface area contributed by atoms with Crippen molar-refractivity contribution in [1.29, 1.82) is 0 Å². The molecule has 2 fully saturated rings. The van der Waals surface area contributed by atoms with Crippen LogP contribution in [0.5, 0.6) is 0 Å². The zero-order valence-electron chi connectivity index (χ0n) is 6.36. The topological polar surface area (TPSA) is 40.5 Å². The first-order valence-corrected chi connectivity index (χ1v) is 4.06. The number of aliphatic hydroxyl groups excluding tert-OH is 1. The molecule has 0 aromatic rings. The van der Waals surface area contributed by atoms with E-state index in [0.29, 0.717) is 12.8 Å². The maximum atomic E-state index is 11.3. The van der Waals surface area contributed by atoms with Gasteiger partial charge >= 0.3 is 0 Å². The minimum atomic E-state index is -0.214. The molecule has 2 rings (SSSR count). The van der Waals surface area contributed by atoms with Gasteiger partial charge in [-0.25, -0.2) is 0 Å². The summed E-state index contributed by atoms with van der Waals surface area (Å²) in [4.78, 5) is 13.2. The lowest BCUT2D eigenvalue weighted by Gasteiger charge is -2.38. The smallest absolute Gasteiger partial charge is 0.225 e. The second-order valence-corrected chi connectivity index (χ2v) is 3.35. The van der Waals surface area contributed by atoms with E-state index in [4.69, 9.17) is 5.11 Å². The minimum Gasteiger partial charge on any atom is -0.393 e. The number of rotatable bonds is 1. The second kappa shape index (κ2) is 2.48. The number of likely N-dealkylation sites (tertiary alicyclic amines) is 1. The molecular weight excluding hydrogens is 142 g/mol. The maximum Gasteiger partial charge on any atom is 0.225 e. The Kier molecular flexibility index (Phi) is 1.60. The van der Waals surface area contributed by atoms with Crippen LogP contribution in [0.4, 0.5) is 0 Å². The lowest BCUT2D eigenvalue weighted by atomic mass is 9.81. The summed E-state index contributed by atoms with van der Waals surface area (Å²) in [7, 11) is 0. The van der Waals surface area contributed by atoms with Crippen molar-refractivity contribution in [2.24, 2.45) is 5.92 Å². The Labute approximate surface area is 66.0 Å². The molecule has 1 radical (unpaired) electrons. The van der Waals surface area contributed by atoms with Crippen molar-refractivity contribution in [3.63, 3.8) is 0 Å². The normalized spacial score (nSPS) is 35.9. The summed E-state index contributed by atoms with van der Waals surface area (Å²) < 4.78 is 0. The minimum absolute atomic E-state index is 0.124. The number of amides is 1. The predicted molar refractivity (Wildman–Crippen MR) is 39.6 cm³/mol. The van der Waals surface area contributed by atoms with Gasteiger partial charge in [0.15, 0.2) is 0 Å². The lowest BCUT2D eigenvalue weighted by molar-refractivity contribution is -0.143. The van der Waals surface area contributed by atoms with Crippen molar-refractivity contribution in [2.75, 3.05) is 13.1 Å². The standard InChI is InChI=1S/C8H12NO2/c10-7-4-6(5-7)8(11)9-2-1-3-9/h1,6-7,10H,2-5H2. The molecule has 1 saturated carbocycles. The largest absolute Gasteiger partial charge is 0.393 e. The van der Waals surface area contributed by atoms with Crippen LogP contribution in [-0.2, 0) is 4.79 Å². The molecule has 0 aromatic carbocycles. The van der Waals surface area contributed by atoms with E-state index in [0.717, 1.165) is 13.1 Å². The zero-order chi connectivity index (χ0) is 7.84. The van der Waals surface area contributed by atoms with Gasteiger partial charge in [0.25, 0.3) is 0 Å². The highest BCUT2D eigenvalue weighted by Gasteiger charge is 2.37. The maximum absolute atomic E-state index is 11.3. The molecule has 0 atom stereocenters. The number of aliphatic hydroxyl groups is 1. The Balaban J connectivity index is 1.81. The fourth-order valence-electron chi connectivity index (χ4n) is 1.49. The third kappa shape index (κ3) is 1.13. The average Bonchev–Trinajstić information content (AvgIpc) is 1.76. The van der Waals surface area contributed by atoms with Gasteiger partial charge < -0.3 is 10.0 Å². The Bertz CT molecular complexity index is 171. The Morgan fingerprint density at radius 1 is 1.45 bits per heavy atom. The molecule has 0 bridgehead atoms. The first-order chi connectivity index (χ1) is 5.27. The van der Waals surface area contributed by atoms with E-state index in [1.807, 2.05) is 4.90 Å². The number of carbonyl (C=O) groups is 1. The molecule has 1 aliphatic heterocycles. The molecule has 1 heterocycles. The predicted octanol–water partition coefficient (Wildman–Crippen LogP) is -0.196. The quantitative estimate of drug-likeness (QED) is 0.568. The highest BCUT2D eigenvalue weighted by atomic mass is 16.3. The monoisotopic (exact) mass is 154 g/mol. The van der Waals surface area contributed by atoms with E-state index >= 15 is 0 Å². The lowest BCUT2D eigenvalue weighted by Crippen LogP contribution is -2.49. The number of hydrogen-bond donors (Lipinski definition) is 1. The molecule has 0 unspecified atom stereocenters. The molecule has 1 amide bonds. The van der Waals surface area contributed by atoms with Crippen molar-refractivity contribution in [3.8, 4) is 0 Å². The van der Waals surface area contributed by atoms with Gasteiger partial charge in [0.05, 0.1) is 6.10 Å². The summed E-state index contributed by atoms with van der Waals surface area (Å²) in [6, 6.07) is 0. The average molecular weight is 154 g/mol. The molecule has 1 N–H and O–H groups in total. The van der Waals surface area contributed by atoms with E-state index in [9.17, 15) is 4.79 Å². The number of nitrogens with zero attached hydrogens (tertiary/aromatic N) is 1. The summed E-state index contributed by atoms with van der Waals surface area (Å²) in [5, 5.41) is 8.96. The molecule has 11 heavy (non-hydrogen) atoms. The summed E-state index contributed by atoms with van der Waals surface area (Å²) in [5.41, 5.74) is 0. The summed E-state index contributed by atoms with van der Waals surface area (Å²) in [6.45, 7) is 1.62. The Morgan fingerprint density at radius 2 is 2.09 bits per heavy atom. The van der Waals surface area contributed by atoms with Gasteiger partial charge in [-0.15, -0.1) is 0 Å². The van der Waals surface area contributed by atoms with E-state index in [2.05, 4.69) is 6.42 Å². The molecule has 0 aromatic heterocycles. The summed E-state index contributed by atoms with van der Waals surface area (Å²) in [6.07, 6.45) is 3.21. The highest BCUT2D eigenvalue weighted by Crippen LogP contribution is 2.29. The van der Waals surface area contributed by atoms with Gasteiger partial charge in [0.1, 0.15) is 0 Å². The second-order valence-electron chi connectivity index (χ2n) is 3.35. The van der Waals surface area contributed by atoms with Crippen molar-refractivity contribution < 1.29 is 9.90 Å². The first kappa shape index (κ1) is 7.10. The van der Waals surface area contributed by atoms with Gasteiger partial charge in [-0.3, -0.25) is 4.79 Å². The van der Waals surface area contributed by atoms with Crippen molar-refractivity contribution in [1.82, 2.24) is 4.90 Å². The third-order valence-electron chi connectivity index (χ3n) is 2.47. The Morgan fingerprint density at radius 3 is 2.45 bits per heavy atom. The van der Waals surface area contributed by atoms with E-state index in [-0.39, 0.29) is 17.9 Å². The van der Waals surface area contributed by atoms with Crippen LogP contribution < -0.4 is 0 Å². The van der Waals surface area contributed by atoms with Crippen LogP contribution in [-0.4, -0.2) is 35.1 Å². The molecule has 1 saturated heterocycles. The van der Waals surface area contributed by atoms with Crippen LogP contribution in [0.15, 0.2) is 0 Å². The van der Waals surface area contributed by atoms with E-state index in [1.165, 1.54) is 0 Å². The molecule has 1 aliphatic carbocycles. The van der Waals surface area contributed by atoms with Crippen LogP contribution in [0.3, 0.4) is 0 Å². The van der Waals surface area contributed by atoms with E-state index < -0.39 is 0 Å². The fourth-order valence-corrected chi connectivity index (χ4v) is 1.49. The molecule has 2 aliphatic rings. The van der Waals surface area contributed by atoms with Crippen LogP contribution >= 0.6 is 0 Å². The molecule has 0 spiro atoms. The van der Waals surface area contributed by atoms with Gasteiger partial charge in [0.2, 0.25) is 5.91 Å². The van der Waals surface area contributed by atoms with Crippen LogP contribution in [0.2, 0.25) is 0 Å². The Hall–Kier alpha value is -0.570. The highest BCUT2D eigenvalue weighted by molar-refractivity contribution is 5.80. The molecule has 3 nitrogen and oxygen atoms in total. The van der Waals surface area contributed by atoms with E-state index in [1.54, 1.807) is 0 Å². The van der Waals surface area contributed by atoms with Crippen LogP contribution in [0.25, 0.3) is 0 Å². The van der Waals surface area contributed by atoms with Gasteiger partial charge in [0, 0.05) is 25.4 Å². The van der Waals surface area contributed by atoms with Crippen molar-refractivity contribution >= 4 is 5.91 Å². The number of hydrogen-bond acceptors (Lipinski definition) is 2. The van der Waals surface area contributed by atoms with Crippen molar-refractivity contribution in [2.45, 2.75) is 18.9 Å². The molecule has 61 valence electrons. The third-order valence-corrected chi connectivity index (χ3v) is 2.47. The van der Waals surface area contributed by atoms with Gasteiger partial charge in [-0.05, 0) is 12.8 Å². The number of carbonyl (C=O) groups excluding carboxylic acids is 1. The molecule has 3 heteroatoms. The fraction of sp³-hybridized carbons (Fsp3) is 0.750. The zero-order valence-corrected chi connectivity index (χ0v) is 6.36. The van der Waals surface area contributed by atoms with Crippen molar-refractivity contribution in [3.05, 3.63) is 6.42 Å². The van der Waals surface area contributed by atoms with Gasteiger partial charge in [-0.2, -0.15) is 0 Å². The van der Waals surface area contributed by atoms with Crippen LogP contribution in [0.1, 0.15) is 12.8 Å². The van der Waals surface area contributed by atoms with Crippen LogP contribution in [0, 0.1) is 12.3 Å². The van der Waals surface area contributed by atoms with Gasteiger partial charge in [-0.1, -0.05) is 0 Å². The summed E-state index contributed by atoms with van der Waals surface area (Å²) in [5.74, 6) is 0.358. The molecular formula is C8H12NO2. The SMILES string of the molecule is O=C(C1CC(O)C1)N1C[CH]C1. The summed E-state index contributed by atoms with van der Waals surface area (Å²) >= 11 is 0.